The van der Waals surface area contributed by atoms with E-state index in [0.717, 1.165) is 0 Å². The average Bonchev–Trinajstić information content (AvgIpc) is 3.29. The normalized spacial score (nSPS) is 13.9. The van der Waals surface area contributed by atoms with Crippen molar-refractivity contribution in [2.45, 2.75) is 5.60 Å². The molecule has 0 saturated carbocycles. The van der Waals surface area contributed by atoms with E-state index in [1.165, 1.54) is 36.4 Å². The van der Waals surface area contributed by atoms with Crippen LogP contribution >= 0.6 is 23.2 Å². The first-order valence-corrected chi connectivity index (χ1v) is 13.6. The van der Waals surface area contributed by atoms with Crippen molar-refractivity contribution in [2.24, 2.45) is 0 Å². The number of nitrogens with zero attached hydrogens (tertiary/aromatic N) is 2. The molecule has 11 heteroatoms. The molecule has 2 aliphatic heterocycles. The number of non-ortho nitro benzene ring substituents is 2. The molecule has 0 aliphatic carbocycles. The van der Waals surface area contributed by atoms with Crippen molar-refractivity contribution in [3.8, 4) is 33.8 Å². The van der Waals surface area contributed by atoms with Crippen molar-refractivity contribution >= 4 is 40.5 Å². The lowest BCUT2D eigenvalue weighted by Crippen LogP contribution is -2.33. The zero-order valence-corrected chi connectivity index (χ0v) is 23.3. The summed E-state index contributed by atoms with van der Waals surface area (Å²) >= 11 is 12.9. The predicted octanol–water partition coefficient (Wildman–Crippen LogP) is 8.71. The smallest absolute Gasteiger partial charge is 0.340 e. The van der Waals surface area contributed by atoms with Crippen LogP contribution < -0.4 is 4.74 Å². The van der Waals surface area contributed by atoms with Gasteiger partial charge in [0.1, 0.15) is 11.5 Å². The van der Waals surface area contributed by atoms with E-state index in [1.54, 1.807) is 48.5 Å². The van der Waals surface area contributed by atoms with Gasteiger partial charge in [0.15, 0.2) is 5.60 Å². The van der Waals surface area contributed by atoms with Crippen molar-refractivity contribution in [2.75, 3.05) is 0 Å². The van der Waals surface area contributed by atoms with Gasteiger partial charge in [0.05, 0.1) is 15.4 Å². The Hall–Kier alpha value is -5.25. The molecule has 0 bridgehead atoms. The Morgan fingerprint density at radius 1 is 0.605 bits per heavy atom. The molecule has 7 rings (SSSR count). The Morgan fingerprint density at radius 3 is 1.63 bits per heavy atom. The zero-order chi connectivity index (χ0) is 30.0. The summed E-state index contributed by atoms with van der Waals surface area (Å²) < 4.78 is 12.6. The largest absolute Gasteiger partial charge is 0.456 e. The molecular formula is C32H16Cl2N2O7. The summed E-state index contributed by atoms with van der Waals surface area (Å²) in [6, 6.07) is 25.7. The molecule has 5 aromatic carbocycles. The Kier molecular flexibility index (Phi) is 5.98. The molecule has 210 valence electrons. The maximum absolute atomic E-state index is 13.2. The minimum absolute atomic E-state index is 0.128. The third kappa shape index (κ3) is 4.04. The number of carbonyl (C=O) groups excluding carboxylic acids is 1. The van der Waals surface area contributed by atoms with Gasteiger partial charge in [0, 0.05) is 62.1 Å². The molecular weight excluding hydrogens is 595 g/mol. The molecule has 1 spiro atoms. The van der Waals surface area contributed by atoms with Crippen LogP contribution in [-0.4, -0.2) is 15.8 Å². The number of carbonyl (C=O) groups is 1. The highest BCUT2D eigenvalue weighted by molar-refractivity contribution is 6.33. The molecule has 0 radical (unpaired) electrons. The SMILES string of the molecule is O=C1OC2(c3ccc(-c4cc([N+](=O)[O-])ccc4Cl)cc3Oc3cc(-c4cc([N+](=O)[O-])ccc4Cl)ccc32)c2ccccc21. The maximum atomic E-state index is 13.2. The summed E-state index contributed by atoms with van der Waals surface area (Å²) in [4.78, 5) is 35.1. The maximum Gasteiger partial charge on any atom is 0.340 e. The lowest BCUT2D eigenvalue weighted by Gasteiger charge is -2.37. The molecule has 5 aromatic rings. The van der Waals surface area contributed by atoms with E-state index in [-0.39, 0.29) is 11.4 Å². The quantitative estimate of drug-likeness (QED) is 0.113. The number of esters is 1. The fourth-order valence-corrected chi connectivity index (χ4v) is 6.16. The summed E-state index contributed by atoms with van der Waals surface area (Å²) in [7, 11) is 0. The van der Waals surface area contributed by atoms with Crippen LogP contribution in [0, 0.1) is 20.2 Å². The topological polar surface area (TPSA) is 122 Å². The van der Waals surface area contributed by atoms with Crippen molar-refractivity contribution in [3.63, 3.8) is 0 Å². The second-order valence-electron chi connectivity index (χ2n) is 9.98. The van der Waals surface area contributed by atoms with Gasteiger partial charge in [-0.1, -0.05) is 53.5 Å². The van der Waals surface area contributed by atoms with Crippen LogP contribution in [-0.2, 0) is 10.3 Å². The number of rotatable bonds is 4. The third-order valence-corrected chi connectivity index (χ3v) is 8.32. The monoisotopic (exact) mass is 610 g/mol. The molecule has 43 heavy (non-hydrogen) atoms. The summed E-state index contributed by atoms with van der Waals surface area (Å²) in [6.45, 7) is 0. The van der Waals surface area contributed by atoms with E-state index in [4.69, 9.17) is 32.7 Å². The van der Waals surface area contributed by atoms with E-state index in [0.29, 0.717) is 66.1 Å². The molecule has 0 unspecified atom stereocenters. The Morgan fingerprint density at radius 2 is 1.12 bits per heavy atom. The summed E-state index contributed by atoms with van der Waals surface area (Å²) in [5.41, 5.74) is 2.41. The van der Waals surface area contributed by atoms with Crippen LogP contribution in [0.25, 0.3) is 22.3 Å². The third-order valence-electron chi connectivity index (χ3n) is 7.66. The first kappa shape index (κ1) is 26.6. The van der Waals surface area contributed by atoms with Crippen LogP contribution in [0.3, 0.4) is 0 Å². The van der Waals surface area contributed by atoms with Crippen LogP contribution in [0.15, 0.2) is 97.1 Å². The first-order valence-electron chi connectivity index (χ1n) is 12.9. The van der Waals surface area contributed by atoms with E-state index in [1.807, 2.05) is 12.1 Å². The van der Waals surface area contributed by atoms with Crippen molar-refractivity contribution in [1.82, 2.24) is 0 Å². The van der Waals surface area contributed by atoms with Crippen LogP contribution in [0.1, 0.15) is 27.0 Å². The highest BCUT2D eigenvalue weighted by atomic mass is 35.5. The van der Waals surface area contributed by atoms with Gasteiger partial charge >= 0.3 is 5.97 Å². The standard InChI is InChI=1S/C32H16Cl2N2O7/c33-27-11-7-19(35(38)39)15-22(27)17-5-9-25-29(13-17)42-30-14-18(23-16-20(36(40)41)8-12-28(23)34)6-10-26(30)32(25)24-4-2-1-3-21(24)31(37)43-32/h1-16H. The number of nitro benzene ring substituents is 2. The molecule has 2 aliphatic rings. The van der Waals surface area contributed by atoms with Gasteiger partial charge in [0.25, 0.3) is 11.4 Å². The molecule has 0 amide bonds. The highest BCUT2D eigenvalue weighted by Gasteiger charge is 2.53. The van der Waals surface area contributed by atoms with Gasteiger partial charge in [-0.05, 0) is 53.6 Å². The van der Waals surface area contributed by atoms with Gasteiger partial charge in [-0.15, -0.1) is 0 Å². The molecule has 0 saturated heterocycles. The summed E-state index contributed by atoms with van der Waals surface area (Å²) in [6.07, 6.45) is 0. The molecule has 9 nitrogen and oxygen atoms in total. The Bertz CT molecular complexity index is 1950. The lowest BCUT2D eigenvalue weighted by molar-refractivity contribution is -0.385. The second kappa shape index (κ2) is 9.65. The number of hydrogen-bond acceptors (Lipinski definition) is 7. The summed E-state index contributed by atoms with van der Waals surface area (Å²) in [5.74, 6) is 0.157. The Balaban J connectivity index is 1.46. The minimum Gasteiger partial charge on any atom is -0.456 e. The Labute approximate surface area is 253 Å². The van der Waals surface area contributed by atoms with Crippen molar-refractivity contribution in [1.29, 1.82) is 0 Å². The number of nitro groups is 2. The lowest BCUT2D eigenvalue weighted by atomic mass is 9.77. The molecule has 0 atom stereocenters. The molecule has 2 heterocycles. The number of ether oxygens (including phenoxy) is 2. The van der Waals surface area contributed by atoms with Crippen molar-refractivity contribution in [3.05, 3.63) is 150 Å². The predicted molar refractivity (Wildman–Crippen MR) is 159 cm³/mol. The first-order chi connectivity index (χ1) is 20.7. The van der Waals surface area contributed by atoms with E-state index < -0.39 is 21.4 Å². The number of benzene rings is 5. The van der Waals surface area contributed by atoms with E-state index >= 15 is 0 Å². The van der Waals surface area contributed by atoms with Gasteiger partial charge in [0.2, 0.25) is 0 Å². The van der Waals surface area contributed by atoms with E-state index in [9.17, 15) is 25.0 Å². The highest BCUT2D eigenvalue weighted by Crippen LogP contribution is 2.57. The number of fused-ring (bicyclic) bond motifs is 6. The van der Waals surface area contributed by atoms with Crippen LogP contribution in [0.5, 0.6) is 11.5 Å². The van der Waals surface area contributed by atoms with Gasteiger partial charge < -0.3 is 9.47 Å². The molecule has 0 fully saturated rings. The second-order valence-corrected chi connectivity index (χ2v) is 10.8. The van der Waals surface area contributed by atoms with E-state index in [2.05, 4.69) is 0 Å². The molecule has 0 N–H and O–H groups in total. The van der Waals surface area contributed by atoms with Crippen LogP contribution in [0.2, 0.25) is 10.0 Å². The number of hydrogen-bond donors (Lipinski definition) is 0. The van der Waals surface area contributed by atoms with Gasteiger partial charge in [-0.25, -0.2) is 4.79 Å². The van der Waals surface area contributed by atoms with Gasteiger partial charge in [-0.3, -0.25) is 20.2 Å². The number of halogens is 2. The fraction of sp³-hybridized carbons (Fsp3) is 0.0312. The average molecular weight is 611 g/mol. The minimum atomic E-state index is -1.37. The summed E-state index contributed by atoms with van der Waals surface area (Å²) in [5, 5.41) is 23.5. The zero-order valence-electron chi connectivity index (χ0n) is 21.7. The fourth-order valence-electron chi connectivity index (χ4n) is 5.71. The van der Waals surface area contributed by atoms with Gasteiger partial charge in [-0.2, -0.15) is 0 Å². The van der Waals surface area contributed by atoms with Crippen molar-refractivity contribution < 1.29 is 24.1 Å². The van der Waals surface area contributed by atoms with Crippen LogP contribution in [0.4, 0.5) is 11.4 Å². The molecule has 0 aromatic heterocycles.